The highest BCUT2D eigenvalue weighted by Gasteiger charge is 2.21. The summed E-state index contributed by atoms with van der Waals surface area (Å²) in [4.78, 5) is 24.9. The van der Waals surface area contributed by atoms with Gasteiger partial charge in [0.2, 0.25) is 11.8 Å². The van der Waals surface area contributed by atoms with E-state index in [1.165, 1.54) is 5.56 Å². The number of carbonyl (C=O) groups excluding carboxylic acids is 2. The lowest BCUT2D eigenvalue weighted by Gasteiger charge is -2.14. The summed E-state index contributed by atoms with van der Waals surface area (Å²) in [7, 11) is 0. The van der Waals surface area contributed by atoms with Crippen LogP contribution in [0.25, 0.3) is 5.69 Å². The number of nitrogens with zero attached hydrogens (tertiary/aromatic N) is 2. The maximum absolute atomic E-state index is 12.6. The van der Waals surface area contributed by atoms with Gasteiger partial charge in [-0.2, -0.15) is 5.10 Å². The van der Waals surface area contributed by atoms with E-state index in [9.17, 15) is 9.59 Å². The van der Waals surface area contributed by atoms with Gasteiger partial charge in [0.05, 0.1) is 11.4 Å². The van der Waals surface area contributed by atoms with Gasteiger partial charge in [0.25, 0.3) is 0 Å². The van der Waals surface area contributed by atoms with E-state index in [0.29, 0.717) is 17.3 Å². The molecule has 0 saturated heterocycles. The Labute approximate surface area is 200 Å². The van der Waals surface area contributed by atoms with Crippen molar-refractivity contribution in [2.75, 3.05) is 10.6 Å². The summed E-state index contributed by atoms with van der Waals surface area (Å²) in [6.07, 6.45) is 0.949. The molecule has 174 valence electrons. The zero-order chi connectivity index (χ0) is 24.2. The molecule has 33 heavy (non-hydrogen) atoms. The Morgan fingerprint density at radius 3 is 2.15 bits per heavy atom. The summed E-state index contributed by atoms with van der Waals surface area (Å²) in [5.41, 5.74) is 4.56. The number of aryl methyl sites for hydroxylation is 2. The van der Waals surface area contributed by atoms with Crippen LogP contribution in [0.2, 0.25) is 5.02 Å². The van der Waals surface area contributed by atoms with Gasteiger partial charge in [0.15, 0.2) is 0 Å². The number of nitrogens with one attached hydrogen (secondary N) is 2. The SMILES string of the molecule is Cc1ccc(NC(=O)CCCC(=O)Nc2cc(C(C)(C)C)nn2-c2ccc(Cl)cc2)cc1C. The van der Waals surface area contributed by atoms with Crippen molar-refractivity contribution in [3.05, 3.63) is 70.4 Å². The van der Waals surface area contributed by atoms with E-state index in [1.807, 2.05) is 50.2 Å². The van der Waals surface area contributed by atoms with Crippen LogP contribution < -0.4 is 10.6 Å². The number of benzene rings is 2. The highest BCUT2D eigenvalue weighted by molar-refractivity contribution is 6.30. The Hall–Kier alpha value is -3.12. The van der Waals surface area contributed by atoms with Crippen LogP contribution in [-0.4, -0.2) is 21.6 Å². The second-order valence-electron chi connectivity index (χ2n) is 9.30. The third-order valence-electron chi connectivity index (χ3n) is 5.41. The van der Waals surface area contributed by atoms with Gasteiger partial charge in [-0.1, -0.05) is 38.4 Å². The van der Waals surface area contributed by atoms with Gasteiger partial charge in [0.1, 0.15) is 5.82 Å². The minimum atomic E-state index is -0.177. The quantitative estimate of drug-likeness (QED) is 0.436. The first kappa shape index (κ1) is 24.5. The number of carbonyl (C=O) groups is 2. The van der Waals surface area contributed by atoms with E-state index in [4.69, 9.17) is 16.7 Å². The fraction of sp³-hybridized carbons (Fsp3) is 0.346. The number of amides is 2. The first-order valence-corrected chi connectivity index (χ1v) is 11.4. The maximum Gasteiger partial charge on any atom is 0.225 e. The molecule has 0 fully saturated rings. The normalized spacial score (nSPS) is 11.3. The summed E-state index contributed by atoms with van der Waals surface area (Å²) in [6.45, 7) is 10.3. The van der Waals surface area contributed by atoms with Crippen LogP contribution in [0.4, 0.5) is 11.5 Å². The molecular weight excluding hydrogens is 436 g/mol. The molecule has 0 aliphatic heterocycles. The number of anilines is 2. The molecule has 0 spiro atoms. The van der Waals surface area contributed by atoms with Crippen molar-refractivity contribution in [2.24, 2.45) is 0 Å². The summed E-state index contributed by atoms with van der Waals surface area (Å²) in [5.74, 6) is 0.323. The summed E-state index contributed by atoms with van der Waals surface area (Å²) in [5, 5.41) is 11.2. The van der Waals surface area contributed by atoms with Gasteiger partial charge in [-0.3, -0.25) is 9.59 Å². The molecule has 2 N–H and O–H groups in total. The van der Waals surface area contributed by atoms with Crippen molar-refractivity contribution in [1.82, 2.24) is 9.78 Å². The van der Waals surface area contributed by atoms with E-state index < -0.39 is 0 Å². The lowest BCUT2D eigenvalue weighted by molar-refractivity contribution is -0.117. The Morgan fingerprint density at radius 2 is 1.55 bits per heavy atom. The lowest BCUT2D eigenvalue weighted by Crippen LogP contribution is -2.16. The predicted molar refractivity (Wildman–Crippen MR) is 134 cm³/mol. The molecule has 0 saturated carbocycles. The molecular formula is C26H31ClN4O2. The van der Waals surface area contributed by atoms with E-state index in [0.717, 1.165) is 22.6 Å². The van der Waals surface area contributed by atoms with Crippen molar-refractivity contribution < 1.29 is 9.59 Å². The molecule has 2 amide bonds. The van der Waals surface area contributed by atoms with Crippen LogP contribution in [0.1, 0.15) is 56.9 Å². The van der Waals surface area contributed by atoms with E-state index >= 15 is 0 Å². The van der Waals surface area contributed by atoms with Crippen LogP contribution >= 0.6 is 11.6 Å². The Balaban J connectivity index is 1.61. The van der Waals surface area contributed by atoms with Gasteiger partial charge in [-0.05, 0) is 67.8 Å². The number of rotatable bonds is 7. The molecule has 3 rings (SSSR count). The lowest BCUT2D eigenvalue weighted by atomic mass is 9.92. The van der Waals surface area contributed by atoms with E-state index in [1.54, 1.807) is 16.8 Å². The highest BCUT2D eigenvalue weighted by atomic mass is 35.5. The van der Waals surface area contributed by atoms with Crippen molar-refractivity contribution in [3.63, 3.8) is 0 Å². The van der Waals surface area contributed by atoms with Gasteiger partial charge < -0.3 is 10.6 Å². The predicted octanol–water partition coefficient (Wildman–Crippen LogP) is 6.19. The minimum Gasteiger partial charge on any atom is -0.326 e. The first-order valence-electron chi connectivity index (χ1n) is 11.1. The first-order chi connectivity index (χ1) is 15.5. The molecule has 2 aromatic carbocycles. The molecule has 0 atom stereocenters. The summed E-state index contributed by atoms with van der Waals surface area (Å²) < 4.78 is 1.71. The molecule has 1 heterocycles. The molecule has 3 aromatic rings. The van der Waals surface area contributed by atoms with Crippen LogP contribution in [-0.2, 0) is 15.0 Å². The fourth-order valence-electron chi connectivity index (χ4n) is 3.27. The summed E-state index contributed by atoms with van der Waals surface area (Å²) >= 11 is 6.02. The largest absolute Gasteiger partial charge is 0.326 e. The zero-order valence-electron chi connectivity index (χ0n) is 19.8. The molecule has 7 heteroatoms. The highest BCUT2D eigenvalue weighted by Crippen LogP contribution is 2.27. The smallest absolute Gasteiger partial charge is 0.225 e. The van der Waals surface area contributed by atoms with Gasteiger partial charge in [-0.15, -0.1) is 0 Å². The minimum absolute atomic E-state index is 0.104. The molecule has 0 aliphatic rings. The van der Waals surface area contributed by atoms with Crippen molar-refractivity contribution in [1.29, 1.82) is 0 Å². The Kier molecular flexibility index (Phi) is 7.59. The molecule has 6 nitrogen and oxygen atoms in total. The molecule has 0 aliphatic carbocycles. The average molecular weight is 467 g/mol. The molecule has 1 aromatic heterocycles. The van der Waals surface area contributed by atoms with Gasteiger partial charge in [-0.25, -0.2) is 4.68 Å². The summed E-state index contributed by atoms with van der Waals surface area (Å²) in [6, 6.07) is 15.0. The van der Waals surface area contributed by atoms with Crippen LogP contribution in [0.5, 0.6) is 0 Å². The van der Waals surface area contributed by atoms with Crippen molar-refractivity contribution in [3.8, 4) is 5.69 Å². The number of hydrogen-bond acceptors (Lipinski definition) is 3. The van der Waals surface area contributed by atoms with Crippen molar-refractivity contribution >= 4 is 34.9 Å². The Bertz CT molecular complexity index is 1140. The molecule has 0 radical (unpaired) electrons. The number of aromatic nitrogens is 2. The van der Waals surface area contributed by atoms with E-state index in [2.05, 4.69) is 31.4 Å². The van der Waals surface area contributed by atoms with Crippen LogP contribution in [0.3, 0.4) is 0 Å². The second-order valence-corrected chi connectivity index (χ2v) is 9.74. The topological polar surface area (TPSA) is 76.0 Å². The number of hydrogen-bond donors (Lipinski definition) is 2. The van der Waals surface area contributed by atoms with E-state index in [-0.39, 0.29) is 30.1 Å². The van der Waals surface area contributed by atoms with Gasteiger partial charge in [0, 0.05) is 35.0 Å². The second kappa shape index (κ2) is 10.2. The molecule has 0 unspecified atom stereocenters. The zero-order valence-corrected chi connectivity index (χ0v) is 20.6. The number of halogens is 1. The van der Waals surface area contributed by atoms with Crippen molar-refractivity contribution in [2.45, 2.75) is 59.3 Å². The van der Waals surface area contributed by atoms with Crippen LogP contribution in [0, 0.1) is 13.8 Å². The van der Waals surface area contributed by atoms with Crippen LogP contribution in [0.15, 0.2) is 48.5 Å². The monoisotopic (exact) mass is 466 g/mol. The molecule has 0 bridgehead atoms. The Morgan fingerprint density at radius 1 is 0.909 bits per heavy atom. The third-order valence-corrected chi connectivity index (χ3v) is 5.67. The third kappa shape index (κ3) is 6.68. The van der Waals surface area contributed by atoms with Gasteiger partial charge >= 0.3 is 0 Å². The maximum atomic E-state index is 12.6. The fourth-order valence-corrected chi connectivity index (χ4v) is 3.40. The average Bonchev–Trinajstić information content (AvgIpc) is 3.15. The standard InChI is InChI=1S/C26H31ClN4O2/c1-17-9-12-20(15-18(17)2)28-24(32)7-6-8-25(33)29-23-16-22(26(3,4)5)30-31(23)21-13-10-19(27)11-14-21/h9-16H,6-8H2,1-5H3,(H,28,32)(H,29,33).